The molecule has 3 atom stereocenters. The third-order valence-corrected chi connectivity index (χ3v) is 5.50. The van der Waals surface area contributed by atoms with Crippen molar-refractivity contribution < 1.29 is 4.74 Å². The predicted octanol–water partition coefficient (Wildman–Crippen LogP) is 5.02. The molecule has 126 valence electrons. The lowest BCUT2D eigenvalue weighted by molar-refractivity contribution is -0.0925. The second-order valence-electron chi connectivity index (χ2n) is 7.31. The van der Waals surface area contributed by atoms with Crippen LogP contribution in [0.3, 0.4) is 0 Å². The van der Waals surface area contributed by atoms with Crippen molar-refractivity contribution in [3.63, 3.8) is 0 Å². The molecule has 0 radical (unpaired) electrons. The summed E-state index contributed by atoms with van der Waals surface area (Å²) in [5, 5.41) is 3.88. The van der Waals surface area contributed by atoms with Gasteiger partial charge in [-0.25, -0.2) is 0 Å². The van der Waals surface area contributed by atoms with E-state index in [0.717, 1.165) is 43.7 Å². The van der Waals surface area contributed by atoms with Crippen LogP contribution < -0.4 is 5.32 Å². The Morgan fingerprint density at radius 2 is 1.57 bits per heavy atom. The molecule has 1 fully saturated rings. The Labute approximate surface area is 133 Å². The molecule has 0 bridgehead atoms. The number of hydrogen-bond acceptors (Lipinski definition) is 2. The van der Waals surface area contributed by atoms with Crippen molar-refractivity contribution in [2.45, 2.75) is 91.7 Å². The van der Waals surface area contributed by atoms with E-state index in [0.29, 0.717) is 6.04 Å². The third kappa shape index (κ3) is 4.96. The molecule has 1 saturated carbocycles. The highest BCUT2D eigenvalue weighted by molar-refractivity contribution is 4.97. The zero-order chi connectivity index (χ0) is 15.9. The van der Waals surface area contributed by atoms with Crippen LogP contribution in [0, 0.1) is 17.8 Å². The maximum absolute atomic E-state index is 6.35. The highest BCUT2D eigenvalue weighted by Crippen LogP contribution is 2.40. The lowest BCUT2D eigenvalue weighted by Crippen LogP contribution is -2.57. The highest BCUT2D eigenvalue weighted by atomic mass is 16.5. The predicted molar refractivity (Wildman–Crippen MR) is 92.7 cm³/mol. The van der Waals surface area contributed by atoms with Crippen molar-refractivity contribution in [3.05, 3.63) is 0 Å². The first kappa shape index (κ1) is 19.0. The molecule has 0 aromatic rings. The lowest BCUT2D eigenvalue weighted by Gasteiger charge is -2.47. The third-order valence-electron chi connectivity index (χ3n) is 5.50. The molecule has 0 amide bonds. The molecule has 0 heterocycles. The maximum Gasteiger partial charge on any atom is 0.0832 e. The summed E-state index contributed by atoms with van der Waals surface area (Å²) in [6.45, 7) is 15.8. The van der Waals surface area contributed by atoms with E-state index in [1.165, 1.54) is 25.7 Å². The van der Waals surface area contributed by atoms with E-state index in [4.69, 9.17) is 4.74 Å². The van der Waals surface area contributed by atoms with E-state index in [1.54, 1.807) is 0 Å². The van der Waals surface area contributed by atoms with E-state index in [-0.39, 0.29) is 5.60 Å². The minimum atomic E-state index is 0.0192. The van der Waals surface area contributed by atoms with E-state index < -0.39 is 0 Å². The fourth-order valence-electron chi connectivity index (χ4n) is 4.63. The van der Waals surface area contributed by atoms with Gasteiger partial charge in [-0.1, -0.05) is 34.6 Å². The monoisotopic (exact) mass is 297 g/mol. The Morgan fingerprint density at radius 3 is 2.00 bits per heavy atom. The Kier molecular flexibility index (Phi) is 8.26. The van der Waals surface area contributed by atoms with E-state index in [1.807, 2.05) is 0 Å². The van der Waals surface area contributed by atoms with Crippen LogP contribution in [-0.4, -0.2) is 24.8 Å². The number of nitrogens with one attached hydrogen (secondary N) is 1. The van der Waals surface area contributed by atoms with Gasteiger partial charge in [0.2, 0.25) is 0 Å². The average Bonchev–Trinajstić information content (AvgIpc) is 2.45. The van der Waals surface area contributed by atoms with Gasteiger partial charge in [-0.05, 0) is 69.7 Å². The second-order valence-corrected chi connectivity index (χ2v) is 7.31. The lowest BCUT2D eigenvalue weighted by atomic mass is 9.68. The fourth-order valence-corrected chi connectivity index (χ4v) is 4.63. The minimum Gasteiger partial charge on any atom is -0.374 e. The first-order valence-electron chi connectivity index (χ1n) is 9.40. The summed E-state index contributed by atoms with van der Waals surface area (Å²) in [7, 11) is 0. The largest absolute Gasteiger partial charge is 0.374 e. The van der Waals surface area contributed by atoms with Crippen LogP contribution in [-0.2, 0) is 4.74 Å². The summed E-state index contributed by atoms with van der Waals surface area (Å²) in [6.07, 6.45) is 7.54. The molecule has 2 heteroatoms. The molecule has 0 aromatic carbocycles. The number of ether oxygens (including phenoxy) is 1. The Bertz CT molecular complexity index is 265. The molecule has 0 spiro atoms. The highest BCUT2D eigenvalue weighted by Gasteiger charge is 2.42. The average molecular weight is 298 g/mol. The van der Waals surface area contributed by atoms with Crippen LogP contribution in [0.15, 0.2) is 0 Å². The van der Waals surface area contributed by atoms with Gasteiger partial charge in [0.05, 0.1) is 5.60 Å². The summed E-state index contributed by atoms with van der Waals surface area (Å²) < 4.78 is 6.35. The van der Waals surface area contributed by atoms with Crippen LogP contribution in [0.5, 0.6) is 0 Å². The quantitative estimate of drug-likeness (QED) is 0.645. The summed E-state index contributed by atoms with van der Waals surface area (Å²) >= 11 is 0. The molecular weight excluding hydrogens is 258 g/mol. The normalized spacial score (nSPS) is 28.6. The maximum atomic E-state index is 6.35. The van der Waals surface area contributed by atoms with E-state index >= 15 is 0 Å². The van der Waals surface area contributed by atoms with Crippen LogP contribution in [0.1, 0.15) is 80.1 Å². The first-order chi connectivity index (χ1) is 10.0. The molecule has 1 aliphatic carbocycles. The Hall–Kier alpha value is -0.0800. The molecule has 1 N–H and O–H groups in total. The minimum absolute atomic E-state index is 0.0192. The van der Waals surface area contributed by atoms with Crippen LogP contribution in [0.4, 0.5) is 0 Å². The van der Waals surface area contributed by atoms with Gasteiger partial charge in [-0.15, -0.1) is 0 Å². The standard InChI is InChI=1S/C19H39NO/c1-7-11-20-18(19(8-2,9-3)21-10-4)17-13-15(5)12-16(6)14-17/h15-18,20H,7-14H2,1-6H3. The van der Waals surface area contributed by atoms with Crippen LogP contribution >= 0.6 is 0 Å². The van der Waals surface area contributed by atoms with Gasteiger partial charge in [0.25, 0.3) is 0 Å². The van der Waals surface area contributed by atoms with Gasteiger partial charge in [0, 0.05) is 12.6 Å². The van der Waals surface area contributed by atoms with Crippen molar-refractivity contribution >= 4 is 0 Å². The smallest absolute Gasteiger partial charge is 0.0832 e. The van der Waals surface area contributed by atoms with Gasteiger partial charge >= 0.3 is 0 Å². The van der Waals surface area contributed by atoms with Crippen molar-refractivity contribution in [1.29, 1.82) is 0 Å². The fraction of sp³-hybridized carbons (Fsp3) is 1.00. The molecular formula is C19H39NO. The van der Waals surface area contributed by atoms with Crippen molar-refractivity contribution in [2.24, 2.45) is 17.8 Å². The van der Waals surface area contributed by atoms with Crippen LogP contribution in [0.2, 0.25) is 0 Å². The molecule has 21 heavy (non-hydrogen) atoms. The van der Waals surface area contributed by atoms with E-state index in [9.17, 15) is 0 Å². The summed E-state index contributed by atoms with van der Waals surface area (Å²) in [5.74, 6) is 2.48. The van der Waals surface area contributed by atoms with Gasteiger partial charge < -0.3 is 10.1 Å². The molecule has 1 rings (SSSR count). The Balaban J connectivity index is 2.95. The molecule has 2 nitrogen and oxygen atoms in total. The molecule has 0 aromatic heterocycles. The summed E-state index contributed by atoms with van der Waals surface area (Å²) in [5.41, 5.74) is 0.0192. The van der Waals surface area contributed by atoms with Gasteiger partial charge in [0.1, 0.15) is 0 Å². The first-order valence-corrected chi connectivity index (χ1v) is 9.40. The number of rotatable bonds is 9. The Morgan fingerprint density at radius 1 is 1.00 bits per heavy atom. The second kappa shape index (κ2) is 9.15. The van der Waals surface area contributed by atoms with Gasteiger partial charge in [-0.2, -0.15) is 0 Å². The molecule has 3 unspecified atom stereocenters. The van der Waals surface area contributed by atoms with Crippen molar-refractivity contribution in [3.8, 4) is 0 Å². The molecule has 0 aliphatic heterocycles. The van der Waals surface area contributed by atoms with Crippen LogP contribution in [0.25, 0.3) is 0 Å². The summed E-state index contributed by atoms with van der Waals surface area (Å²) in [4.78, 5) is 0. The zero-order valence-corrected chi connectivity index (χ0v) is 15.4. The van der Waals surface area contributed by atoms with Gasteiger partial charge in [0.15, 0.2) is 0 Å². The summed E-state index contributed by atoms with van der Waals surface area (Å²) in [6, 6.07) is 0.512. The topological polar surface area (TPSA) is 21.3 Å². The van der Waals surface area contributed by atoms with Crippen molar-refractivity contribution in [2.75, 3.05) is 13.2 Å². The number of hydrogen-bond donors (Lipinski definition) is 1. The SMILES string of the molecule is CCCNC(C1CC(C)CC(C)C1)C(CC)(CC)OCC. The van der Waals surface area contributed by atoms with Gasteiger partial charge in [-0.3, -0.25) is 0 Å². The zero-order valence-electron chi connectivity index (χ0n) is 15.4. The molecule has 0 saturated heterocycles. The van der Waals surface area contributed by atoms with E-state index in [2.05, 4.69) is 46.9 Å². The van der Waals surface area contributed by atoms with Crippen molar-refractivity contribution in [1.82, 2.24) is 5.32 Å². The molecule has 1 aliphatic rings.